The smallest absolute Gasteiger partial charge is 0.275 e. The lowest BCUT2D eigenvalue weighted by Gasteiger charge is -2.18. The number of hydrogen-bond donors (Lipinski definition) is 1. The summed E-state index contributed by atoms with van der Waals surface area (Å²) in [4.78, 5) is 19.4. The van der Waals surface area contributed by atoms with Gasteiger partial charge in [0.2, 0.25) is 0 Å². The Balaban J connectivity index is 1.55. The molecule has 0 bridgehead atoms. The summed E-state index contributed by atoms with van der Waals surface area (Å²) in [5.41, 5.74) is 5.74. The molecule has 3 aromatic rings. The van der Waals surface area contributed by atoms with Gasteiger partial charge in [0.15, 0.2) is 5.65 Å². The zero-order chi connectivity index (χ0) is 19.1. The summed E-state index contributed by atoms with van der Waals surface area (Å²) in [6.07, 6.45) is 1.06. The number of aryl methyl sites for hydroxylation is 2. The molecule has 1 saturated heterocycles. The van der Waals surface area contributed by atoms with E-state index in [4.69, 9.17) is 4.74 Å². The van der Waals surface area contributed by atoms with Crippen LogP contribution in [0.2, 0.25) is 0 Å². The van der Waals surface area contributed by atoms with Gasteiger partial charge in [-0.15, -0.1) is 0 Å². The topological polar surface area (TPSA) is 62.6 Å². The minimum Gasteiger partial charge on any atom is -0.496 e. The van der Waals surface area contributed by atoms with E-state index in [0.29, 0.717) is 17.1 Å². The fourth-order valence-corrected chi connectivity index (χ4v) is 3.95. The molecule has 4 rings (SSSR count). The van der Waals surface area contributed by atoms with Crippen molar-refractivity contribution in [2.24, 2.45) is 0 Å². The van der Waals surface area contributed by atoms with Gasteiger partial charge >= 0.3 is 0 Å². The van der Waals surface area contributed by atoms with Crippen molar-refractivity contribution in [3.8, 4) is 5.75 Å². The van der Waals surface area contributed by atoms with Crippen molar-refractivity contribution in [1.29, 1.82) is 0 Å². The monoisotopic (exact) mass is 366 g/mol. The van der Waals surface area contributed by atoms with E-state index in [0.717, 1.165) is 43.2 Å². The number of rotatable bonds is 4. The molecular weight excluding hydrogens is 340 g/mol. The fourth-order valence-electron chi connectivity index (χ4n) is 3.95. The molecule has 0 unspecified atom stereocenters. The number of likely N-dealkylation sites (tertiary alicyclic amines) is 1. The van der Waals surface area contributed by atoms with E-state index in [1.54, 1.807) is 11.6 Å². The quantitative estimate of drug-likeness (QED) is 0.771. The third-order valence-electron chi connectivity index (χ3n) is 5.65. The Hall–Kier alpha value is -2.60. The second-order valence-electron chi connectivity index (χ2n) is 7.57. The van der Waals surface area contributed by atoms with Crippen molar-refractivity contribution in [3.05, 3.63) is 62.7 Å². The first-order valence-electron chi connectivity index (χ1n) is 9.41. The van der Waals surface area contributed by atoms with E-state index >= 15 is 0 Å². The zero-order valence-corrected chi connectivity index (χ0v) is 16.4. The first-order valence-corrected chi connectivity index (χ1v) is 9.41. The lowest BCUT2D eigenvalue weighted by atomic mass is 10.1. The van der Waals surface area contributed by atoms with Crippen LogP contribution in [-0.2, 0) is 6.54 Å². The minimum absolute atomic E-state index is 0.0110. The Labute approximate surface area is 158 Å². The minimum atomic E-state index is -0.0110. The van der Waals surface area contributed by atoms with Crippen molar-refractivity contribution in [2.45, 2.75) is 39.7 Å². The van der Waals surface area contributed by atoms with Crippen molar-refractivity contribution >= 4 is 5.65 Å². The SMILES string of the molecule is COc1ccc(C)cc1CN1CC[C@@H](c2cc3nc(C)c(C)c(=O)n3[nH]2)C1. The van der Waals surface area contributed by atoms with Gasteiger partial charge < -0.3 is 4.74 Å². The summed E-state index contributed by atoms with van der Waals surface area (Å²) >= 11 is 0. The van der Waals surface area contributed by atoms with Gasteiger partial charge in [-0.3, -0.25) is 14.8 Å². The number of nitrogens with one attached hydrogen (secondary N) is 1. The Morgan fingerprint density at radius 2 is 2.07 bits per heavy atom. The van der Waals surface area contributed by atoms with Crippen molar-refractivity contribution in [3.63, 3.8) is 0 Å². The van der Waals surface area contributed by atoms with Crippen molar-refractivity contribution < 1.29 is 4.74 Å². The second kappa shape index (κ2) is 6.85. The second-order valence-corrected chi connectivity index (χ2v) is 7.57. The number of benzene rings is 1. The van der Waals surface area contributed by atoms with E-state index in [9.17, 15) is 4.79 Å². The molecule has 2 aromatic heterocycles. The maximum absolute atomic E-state index is 12.5. The van der Waals surface area contributed by atoms with E-state index < -0.39 is 0 Å². The maximum atomic E-state index is 12.5. The summed E-state index contributed by atoms with van der Waals surface area (Å²) in [6.45, 7) is 8.67. The average molecular weight is 366 g/mol. The van der Waals surface area contributed by atoms with Gasteiger partial charge in [-0.25, -0.2) is 9.50 Å². The van der Waals surface area contributed by atoms with Gasteiger partial charge in [0.05, 0.1) is 7.11 Å². The normalized spacial score (nSPS) is 17.7. The number of H-pyrrole nitrogens is 1. The van der Waals surface area contributed by atoms with Gasteiger partial charge in [0.25, 0.3) is 5.56 Å². The van der Waals surface area contributed by atoms with Crippen molar-refractivity contribution in [1.82, 2.24) is 19.5 Å². The van der Waals surface area contributed by atoms with Crippen LogP contribution in [-0.4, -0.2) is 39.7 Å². The Kier molecular flexibility index (Phi) is 4.52. The molecule has 3 heterocycles. The molecule has 0 amide bonds. The number of methoxy groups -OCH3 is 1. The van der Waals surface area contributed by atoms with Crippen LogP contribution in [0.15, 0.2) is 29.1 Å². The van der Waals surface area contributed by atoms with Crippen LogP contribution >= 0.6 is 0 Å². The van der Waals surface area contributed by atoms with E-state index in [1.165, 1.54) is 11.1 Å². The zero-order valence-electron chi connectivity index (χ0n) is 16.4. The number of hydrogen-bond acceptors (Lipinski definition) is 4. The highest BCUT2D eigenvalue weighted by Gasteiger charge is 2.26. The maximum Gasteiger partial charge on any atom is 0.275 e. The fraction of sp³-hybridized carbons (Fsp3) is 0.429. The van der Waals surface area contributed by atoms with E-state index in [-0.39, 0.29) is 5.56 Å². The van der Waals surface area contributed by atoms with E-state index in [2.05, 4.69) is 34.0 Å². The van der Waals surface area contributed by atoms with Gasteiger partial charge in [-0.1, -0.05) is 17.7 Å². The third-order valence-corrected chi connectivity index (χ3v) is 5.65. The molecule has 142 valence electrons. The Bertz CT molecular complexity index is 1050. The summed E-state index contributed by atoms with van der Waals surface area (Å²) < 4.78 is 7.09. The number of aromatic nitrogens is 3. The molecule has 1 atom stereocenters. The number of nitrogens with zero attached hydrogens (tertiary/aromatic N) is 3. The van der Waals surface area contributed by atoms with Gasteiger partial charge in [-0.2, -0.15) is 0 Å². The lowest BCUT2D eigenvalue weighted by molar-refractivity contribution is 0.316. The first-order chi connectivity index (χ1) is 13.0. The van der Waals surface area contributed by atoms with Crippen LogP contribution in [0.25, 0.3) is 5.65 Å². The van der Waals surface area contributed by atoms with E-state index in [1.807, 2.05) is 26.0 Å². The molecule has 0 radical (unpaired) electrons. The molecule has 1 aromatic carbocycles. The van der Waals surface area contributed by atoms with Crippen LogP contribution in [0.4, 0.5) is 0 Å². The van der Waals surface area contributed by atoms with Crippen molar-refractivity contribution in [2.75, 3.05) is 20.2 Å². The molecule has 1 aliphatic rings. The van der Waals surface area contributed by atoms with Gasteiger partial charge in [-0.05, 0) is 39.8 Å². The summed E-state index contributed by atoms with van der Waals surface area (Å²) in [5, 5.41) is 3.28. The number of fused-ring (bicyclic) bond motifs is 1. The molecule has 1 aliphatic heterocycles. The molecule has 0 spiro atoms. The van der Waals surface area contributed by atoms with Crippen LogP contribution < -0.4 is 10.3 Å². The Morgan fingerprint density at radius 3 is 2.85 bits per heavy atom. The van der Waals surface area contributed by atoms with Crippen LogP contribution in [0.3, 0.4) is 0 Å². The average Bonchev–Trinajstić information content (AvgIpc) is 3.27. The number of aromatic amines is 1. The molecule has 0 aliphatic carbocycles. The first kappa shape index (κ1) is 17.8. The largest absolute Gasteiger partial charge is 0.496 e. The molecule has 6 heteroatoms. The molecule has 6 nitrogen and oxygen atoms in total. The summed E-state index contributed by atoms with van der Waals surface area (Å²) in [7, 11) is 1.72. The standard InChI is InChI=1S/C21H26N4O2/c1-13-5-6-19(27-4)17(9-13)12-24-8-7-16(11-24)18-10-20-22-15(3)14(2)21(26)25(20)23-18/h5-6,9-10,16,23H,7-8,11-12H2,1-4H3/t16-/m1/s1. The molecule has 1 fully saturated rings. The predicted octanol–water partition coefficient (Wildman–Crippen LogP) is 2.95. The van der Waals surface area contributed by atoms with Gasteiger partial charge in [0.1, 0.15) is 5.75 Å². The molecule has 1 N–H and O–H groups in total. The van der Waals surface area contributed by atoms with Crippen LogP contribution in [0, 0.1) is 20.8 Å². The van der Waals surface area contributed by atoms with Crippen LogP contribution in [0.5, 0.6) is 5.75 Å². The molecular formula is C21H26N4O2. The lowest BCUT2D eigenvalue weighted by Crippen LogP contribution is -2.21. The highest BCUT2D eigenvalue weighted by molar-refractivity contribution is 5.42. The summed E-state index contributed by atoms with van der Waals surface area (Å²) in [5.74, 6) is 1.32. The highest BCUT2D eigenvalue weighted by atomic mass is 16.5. The van der Waals surface area contributed by atoms with Gasteiger partial charge in [0, 0.05) is 47.6 Å². The predicted molar refractivity (Wildman–Crippen MR) is 106 cm³/mol. The summed E-state index contributed by atoms with van der Waals surface area (Å²) in [6, 6.07) is 8.34. The van der Waals surface area contributed by atoms with Crippen LogP contribution in [0.1, 0.15) is 40.4 Å². The highest BCUT2D eigenvalue weighted by Crippen LogP contribution is 2.29. The Morgan fingerprint density at radius 1 is 1.26 bits per heavy atom. The number of ether oxygens (including phenoxy) is 1. The molecule has 27 heavy (non-hydrogen) atoms. The molecule has 0 saturated carbocycles. The third kappa shape index (κ3) is 3.25.